The number of benzene rings is 2. The van der Waals surface area contributed by atoms with Gasteiger partial charge in [0.1, 0.15) is 17.2 Å². The highest BCUT2D eigenvalue weighted by molar-refractivity contribution is 5.95. The fourth-order valence-electron chi connectivity index (χ4n) is 4.15. The highest BCUT2D eigenvalue weighted by Crippen LogP contribution is 2.14. The van der Waals surface area contributed by atoms with Crippen LogP contribution in [0.3, 0.4) is 0 Å². The van der Waals surface area contributed by atoms with E-state index in [2.05, 4.69) is 16.0 Å². The Hall–Kier alpha value is -3.92. The number of alkyl carbamates (subject to hydrolysis) is 1. The van der Waals surface area contributed by atoms with Crippen molar-refractivity contribution >= 4 is 23.8 Å². The first-order valence-corrected chi connectivity index (χ1v) is 13.4. The van der Waals surface area contributed by atoms with Gasteiger partial charge in [0.15, 0.2) is 0 Å². The van der Waals surface area contributed by atoms with Crippen molar-refractivity contribution in [2.24, 2.45) is 0 Å². The largest absolute Gasteiger partial charge is 0.444 e. The maximum absolute atomic E-state index is 13.6. The van der Waals surface area contributed by atoms with Crippen LogP contribution in [0.1, 0.15) is 57.0 Å². The summed E-state index contributed by atoms with van der Waals surface area (Å²) in [4.78, 5) is 53.3. The molecule has 10 heteroatoms. The molecule has 216 valence electrons. The summed E-state index contributed by atoms with van der Waals surface area (Å²) in [5, 5.41) is 8.30. The molecule has 2 aromatic carbocycles. The number of hydrogen-bond donors (Lipinski definition) is 3. The minimum Gasteiger partial charge on any atom is -0.444 e. The highest BCUT2D eigenvalue weighted by atomic mass is 16.6. The standard InChI is InChI=1S/C30H40N4O6/c1-29(2,3)40-28(38)33-30(4,5)27(37)32-24(20-39-19-21-12-8-6-9-13-21)26(36)34-17-16-23(18-34)31-25(35)22-14-10-7-11-15-22/h6-15,23-24H,16-20H2,1-5H3,(H,31,35)(H,32,37)(H,33,38). The Balaban J connectivity index is 1.65. The Morgan fingerprint density at radius 3 is 2.20 bits per heavy atom. The molecule has 3 rings (SSSR count). The molecular formula is C30H40N4O6. The van der Waals surface area contributed by atoms with Crippen LogP contribution in [-0.4, -0.2) is 71.6 Å². The van der Waals surface area contributed by atoms with Crippen LogP contribution in [0.25, 0.3) is 0 Å². The van der Waals surface area contributed by atoms with E-state index in [1.54, 1.807) is 49.9 Å². The topological polar surface area (TPSA) is 126 Å². The lowest BCUT2D eigenvalue weighted by Crippen LogP contribution is -2.60. The monoisotopic (exact) mass is 552 g/mol. The summed E-state index contributed by atoms with van der Waals surface area (Å²) in [6, 6.07) is 17.2. The van der Waals surface area contributed by atoms with E-state index in [-0.39, 0.29) is 31.1 Å². The number of likely N-dealkylation sites (tertiary alicyclic amines) is 1. The van der Waals surface area contributed by atoms with Gasteiger partial charge in [-0.2, -0.15) is 0 Å². The summed E-state index contributed by atoms with van der Waals surface area (Å²) in [7, 11) is 0. The van der Waals surface area contributed by atoms with Crippen LogP contribution in [0.5, 0.6) is 0 Å². The molecule has 2 atom stereocenters. The molecule has 2 aromatic rings. The van der Waals surface area contributed by atoms with Crippen molar-refractivity contribution in [1.82, 2.24) is 20.9 Å². The number of hydrogen-bond acceptors (Lipinski definition) is 6. The molecule has 0 bridgehead atoms. The lowest BCUT2D eigenvalue weighted by molar-refractivity contribution is -0.139. The van der Waals surface area contributed by atoms with Crippen LogP contribution in [0.15, 0.2) is 60.7 Å². The predicted molar refractivity (Wildman–Crippen MR) is 150 cm³/mol. The zero-order chi connectivity index (χ0) is 29.3. The van der Waals surface area contributed by atoms with Gasteiger partial charge < -0.3 is 30.3 Å². The molecule has 1 heterocycles. The molecule has 1 fully saturated rings. The normalized spacial score (nSPS) is 16.1. The van der Waals surface area contributed by atoms with Gasteiger partial charge in [-0.05, 0) is 58.7 Å². The first kappa shape index (κ1) is 30.6. The molecule has 2 unspecified atom stereocenters. The molecule has 10 nitrogen and oxygen atoms in total. The molecule has 3 N–H and O–H groups in total. The quantitative estimate of drug-likeness (QED) is 0.416. The van der Waals surface area contributed by atoms with Gasteiger partial charge in [-0.25, -0.2) is 4.79 Å². The second kappa shape index (κ2) is 13.4. The Morgan fingerprint density at radius 2 is 1.57 bits per heavy atom. The summed E-state index contributed by atoms with van der Waals surface area (Å²) in [5.74, 6) is -1.09. The van der Waals surface area contributed by atoms with E-state index in [0.717, 1.165) is 5.56 Å². The fourth-order valence-corrected chi connectivity index (χ4v) is 4.15. The average molecular weight is 553 g/mol. The van der Waals surface area contributed by atoms with Crippen LogP contribution in [0, 0.1) is 0 Å². The summed E-state index contributed by atoms with van der Waals surface area (Å²) in [6.45, 7) is 9.16. The van der Waals surface area contributed by atoms with E-state index in [1.807, 2.05) is 36.4 Å². The molecular weight excluding hydrogens is 512 g/mol. The van der Waals surface area contributed by atoms with E-state index in [9.17, 15) is 19.2 Å². The van der Waals surface area contributed by atoms with E-state index in [4.69, 9.17) is 9.47 Å². The maximum Gasteiger partial charge on any atom is 0.408 e. The predicted octanol–water partition coefficient (Wildman–Crippen LogP) is 3.02. The Morgan fingerprint density at radius 1 is 0.950 bits per heavy atom. The number of amides is 4. The first-order valence-electron chi connectivity index (χ1n) is 13.4. The van der Waals surface area contributed by atoms with E-state index in [1.165, 1.54) is 13.8 Å². The first-order chi connectivity index (χ1) is 18.8. The van der Waals surface area contributed by atoms with Crippen molar-refractivity contribution < 1.29 is 28.7 Å². The number of rotatable bonds is 10. The molecule has 1 saturated heterocycles. The third-order valence-electron chi connectivity index (χ3n) is 6.25. The van der Waals surface area contributed by atoms with Crippen LogP contribution in [-0.2, 0) is 25.7 Å². The van der Waals surface area contributed by atoms with Gasteiger partial charge in [0.2, 0.25) is 11.8 Å². The van der Waals surface area contributed by atoms with Crippen molar-refractivity contribution in [2.75, 3.05) is 19.7 Å². The van der Waals surface area contributed by atoms with Gasteiger partial charge in [0.05, 0.1) is 13.2 Å². The molecule has 0 radical (unpaired) electrons. The lowest BCUT2D eigenvalue weighted by Gasteiger charge is -2.30. The second-order valence-electron chi connectivity index (χ2n) is 11.4. The van der Waals surface area contributed by atoms with E-state index in [0.29, 0.717) is 25.1 Å². The maximum atomic E-state index is 13.6. The van der Waals surface area contributed by atoms with E-state index < -0.39 is 29.2 Å². The average Bonchev–Trinajstić information content (AvgIpc) is 3.35. The SMILES string of the molecule is CC(C)(C)OC(=O)NC(C)(C)C(=O)NC(COCc1ccccc1)C(=O)N1CCC(NC(=O)c2ccccc2)C1. The van der Waals surface area contributed by atoms with Crippen molar-refractivity contribution in [3.05, 3.63) is 71.8 Å². The lowest BCUT2D eigenvalue weighted by atomic mass is 10.0. The summed E-state index contributed by atoms with van der Waals surface area (Å²) < 4.78 is 11.1. The second-order valence-corrected chi connectivity index (χ2v) is 11.4. The third kappa shape index (κ3) is 9.37. The summed E-state index contributed by atoms with van der Waals surface area (Å²) >= 11 is 0. The van der Waals surface area contributed by atoms with Gasteiger partial charge in [0, 0.05) is 24.7 Å². The number of nitrogens with one attached hydrogen (secondary N) is 3. The van der Waals surface area contributed by atoms with Gasteiger partial charge >= 0.3 is 6.09 Å². The van der Waals surface area contributed by atoms with Crippen molar-refractivity contribution in [3.8, 4) is 0 Å². The van der Waals surface area contributed by atoms with Crippen molar-refractivity contribution in [2.45, 2.75) is 70.9 Å². The van der Waals surface area contributed by atoms with Gasteiger partial charge in [-0.1, -0.05) is 48.5 Å². The van der Waals surface area contributed by atoms with Crippen LogP contribution in [0.2, 0.25) is 0 Å². The molecule has 40 heavy (non-hydrogen) atoms. The highest BCUT2D eigenvalue weighted by Gasteiger charge is 2.37. The number of ether oxygens (including phenoxy) is 2. The minimum absolute atomic E-state index is 0.0699. The zero-order valence-electron chi connectivity index (χ0n) is 23.9. The van der Waals surface area contributed by atoms with Crippen molar-refractivity contribution in [1.29, 1.82) is 0 Å². The Bertz CT molecular complexity index is 1160. The van der Waals surface area contributed by atoms with Gasteiger partial charge in [0.25, 0.3) is 5.91 Å². The van der Waals surface area contributed by atoms with Gasteiger partial charge in [-0.3, -0.25) is 14.4 Å². The van der Waals surface area contributed by atoms with Crippen LogP contribution >= 0.6 is 0 Å². The molecule has 0 spiro atoms. The molecule has 1 aliphatic rings. The van der Waals surface area contributed by atoms with E-state index >= 15 is 0 Å². The summed E-state index contributed by atoms with van der Waals surface area (Å²) in [5.41, 5.74) is -0.622. The Labute approximate surface area is 235 Å². The molecule has 0 saturated carbocycles. The zero-order valence-corrected chi connectivity index (χ0v) is 23.9. The number of carbonyl (C=O) groups excluding carboxylic acids is 4. The molecule has 0 aliphatic carbocycles. The number of carbonyl (C=O) groups is 4. The third-order valence-corrected chi connectivity index (χ3v) is 6.25. The van der Waals surface area contributed by atoms with Gasteiger partial charge in [-0.15, -0.1) is 0 Å². The molecule has 1 aliphatic heterocycles. The smallest absolute Gasteiger partial charge is 0.408 e. The van der Waals surface area contributed by atoms with Crippen molar-refractivity contribution in [3.63, 3.8) is 0 Å². The van der Waals surface area contributed by atoms with Crippen LogP contribution < -0.4 is 16.0 Å². The number of nitrogens with zero attached hydrogens (tertiary/aromatic N) is 1. The van der Waals surface area contributed by atoms with Crippen LogP contribution in [0.4, 0.5) is 4.79 Å². The minimum atomic E-state index is -1.36. The fraction of sp³-hybridized carbons (Fsp3) is 0.467. The molecule has 0 aromatic heterocycles. The molecule has 4 amide bonds. The summed E-state index contributed by atoms with van der Waals surface area (Å²) in [6.07, 6.45) is -0.158. The Kier molecular flexibility index (Phi) is 10.3.